The number of nitrogens with zero attached hydrogens (tertiary/aromatic N) is 1. The molecule has 0 aromatic rings. The minimum absolute atomic E-state index is 0. The molecule has 0 spiro atoms. The van der Waals surface area contributed by atoms with Crippen LogP contribution >= 0.6 is 12.4 Å². The molecule has 5 nitrogen and oxygen atoms in total. The first-order valence-corrected chi connectivity index (χ1v) is 6.53. The van der Waals surface area contributed by atoms with Crippen LogP contribution in [0.3, 0.4) is 0 Å². The molecule has 0 saturated carbocycles. The molecule has 104 valence electrons. The summed E-state index contributed by atoms with van der Waals surface area (Å²) < 4.78 is 0. The number of halogens is 1. The normalized spacial score (nSPS) is 24.3. The van der Waals surface area contributed by atoms with Gasteiger partial charge in [0.25, 0.3) is 0 Å². The molecule has 6 heteroatoms. The molecule has 0 aromatic heterocycles. The van der Waals surface area contributed by atoms with Crippen molar-refractivity contribution in [3.8, 4) is 0 Å². The van der Waals surface area contributed by atoms with Crippen molar-refractivity contribution in [2.45, 2.75) is 38.1 Å². The van der Waals surface area contributed by atoms with Gasteiger partial charge in [-0.1, -0.05) is 0 Å². The highest BCUT2D eigenvalue weighted by Gasteiger charge is 2.22. The fourth-order valence-corrected chi connectivity index (χ4v) is 2.45. The van der Waals surface area contributed by atoms with Crippen molar-refractivity contribution in [3.63, 3.8) is 0 Å². The molecule has 2 rings (SSSR count). The Labute approximate surface area is 114 Å². The second kappa shape index (κ2) is 7.59. The molecule has 2 amide bonds. The van der Waals surface area contributed by atoms with Crippen LogP contribution in [0.15, 0.2) is 0 Å². The molecule has 2 aliphatic heterocycles. The smallest absolute Gasteiger partial charge is 0.239 e. The number of hydrogen-bond acceptors (Lipinski definition) is 3. The van der Waals surface area contributed by atoms with Gasteiger partial charge in [0.05, 0.1) is 6.54 Å². The lowest BCUT2D eigenvalue weighted by Gasteiger charge is -2.28. The molecule has 1 unspecified atom stereocenters. The summed E-state index contributed by atoms with van der Waals surface area (Å²) in [5, 5.41) is 6.25. The lowest BCUT2D eigenvalue weighted by Crippen LogP contribution is -2.50. The molecule has 2 heterocycles. The molecule has 0 bridgehead atoms. The first kappa shape index (κ1) is 15.2. The number of carbonyl (C=O) groups is 2. The minimum atomic E-state index is -0.0195. The molecule has 0 radical (unpaired) electrons. The van der Waals surface area contributed by atoms with Crippen molar-refractivity contribution >= 4 is 24.2 Å². The van der Waals surface area contributed by atoms with Gasteiger partial charge in [-0.15, -0.1) is 12.4 Å². The van der Waals surface area contributed by atoms with Crippen LogP contribution in [0, 0.1) is 0 Å². The second-order valence-corrected chi connectivity index (χ2v) is 4.88. The highest BCUT2D eigenvalue weighted by Crippen LogP contribution is 2.10. The van der Waals surface area contributed by atoms with E-state index in [9.17, 15) is 9.59 Å². The third-order valence-electron chi connectivity index (χ3n) is 3.42. The monoisotopic (exact) mass is 275 g/mol. The number of amides is 2. The molecule has 2 aliphatic rings. The van der Waals surface area contributed by atoms with Crippen molar-refractivity contribution in [2.75, 3.05) is 26.2 Å². The number of piperidine rings is 2. The lowest BCUT2D eigenvalue weighted by molar-refractivity contribution is -0.138. The summed E-state index contributed by atoms with van der Waals surface area (Å²) in [6, 6.07) is 0.233. The quantitative estimate of drug-likeness (QED) is 0.778. The average Bonchev–Trinajstić information content (AvgIpc) is 2.33. The van der Waals surface area contributed by atoms with E-state index < -0.39 is 0 Å². The Balaban J connectivity index is 0.00000162. The van der Waals surface area contributed by atoms with Gasteiger partial charge in [0, 0.05) is 25.6 Å². The zero-order chi connectivity index (χ0) is 12.1. The van der Waals surface area contributed by atoms with E-state index in [-0.39, 0.29) is 36.8 Å². The van der Waals surface area contributed by atoms with Gasteiger partial charge in [0.2, 0.25) is 11.8 Å². The van der Waals surface area contributed by atoms with E-state index in [1.807, 2.05) is 0 Å². The number of rotatable bonds is 3. The van der Waals surface area contributed by atoms with Crippen LogP contribution in [0.25, 0.3) is 0 Å². The van der Waals surface area contributed by atoms with Crippen molar-refractivity contribution in [3.05, 3.63) is 0 Å². The van der Waals surface area contributed by atoms with Crippen LogP contribution in [-0.2, 0) is 9.59 Å². The summed E-state index contributed by atoms with van der Waals surface area (Å²) in [7, 11) is 0. The minimum Gasteiger partial charge on any atom is -0.351 e. The molecule has 2 fully saturated rings. The number of likely N-dealkylation sites (tertiary alicyclic amines) is 1. The van der Waals surface area contributed by atoms with Crippen LogP contribution in [0.4, 0.5) is 0 Å². The highest BCUT2D eigenvalue weighted by atomic mass is 35.5. The molecular formula is C12H22ClN3O2. The predicted molar refractivity (Wildman–Crippen MR) is 71.7 cm³/mol. The van der Waals surface area contributed by atoms with E-state index in [0.717, 1.165) is 45.3 Å². The van der Waals surface area contributed by atoms with Crippen LogP contribution < -0.4 is 10.6 Å². The summed E-state index contributed by atoms with van der Waals surface area (Å²) in [5.74, 6) is 0.0992. The Hall–Kier alpha value is -0.810. The Kier molecular flexibility index (Phi) is 6.43. The lowest BCUT2D eigenvalue weighted by atomic mass is 10.1. The number of hydrogen-bond donors (Lipinski definition) is 2. The Morgan fingerprint density at radius 1 is 1.39 bits per heavy atom. The van der Waals surface area contributed by atoms with Crippen molar-refractivity contribution < 1.29 is 9.59 Å². The predicted octanol–water partition coefficient (Wildman–Crippen LogP) is 0.289. The molecule has 18 heavy (non-hydrogen) atoms. The fourth-order valence-electron chi connectivity index (χ4n) is 2.45. The summed E-state index contributed by atoms with van der Waals surface area (Å²) in [6.45, 7) is 2.85. The second-order valence-electron chi connectivity index (χ2n) is 4.88. The maximum Gasteiger partial charge on any atom is 0.239 e. The maximum atomic E-state index is 11.8. The zero-order valence-corrected chi connectivity index (χ0v) is 11.4. The van der Waals surface area contributed by atoms with Crippen LogP contribution in [0.1, 0.15) is 32.1 Å². The Bertz CT molecular complexity index is 293. The summed E-state index contributed by atoms with van der Waals surface area (Å²) in [5.41, 5.74) is 0. The molecule has 1 atom stereocenters. The SMILES string of the molecule is Cl.O=C(CN1CCCCC1=O)NC1CCCNC1. The van der Waals surface area contributed by atoms with Crippen molar-refractivity contribution in [2.24, 2.45) is 0 Å². The average molecular weight is 276 g/mol. The van der Waals surface area contributed by atoms with E-state index >= 15 is 0 Å². The van der Waals surface area contributed by atoms with Crippen LogP contribution in [0.2, 0.25) is 0 Å². The van der Waals surface area contributed by atoms with Crippen LogP contribution in [0.5, 0.6) is 0 Å². The van der Waals surface area contributed by atoms with E-state index in [4.69, 9.17) is 0 Å². The van der Waals surface area contributed by atoms with Gasteiger partial charge in [-0.2, -0.15) is 0 Å². The zero-order valence-electron chi connectivity index (χ0n) is 10.6. The van der Waals surface area contributed by atoms with Gasteiger partial charge < -0.3 is 15.5 Å². The first-order valence-electron chi connectivity index (χ1n) is 6.53. The van der Waals surface area contributed by atoms with E-state index in [2.05, 4.69) is 10.6 Å². The summed E-state index contributed by atoms with van der Waals surface area (Å²) in [6.07, 6.45) is 4.71. The van der Waals surface area contributed by atoms with E-state index in [0.29, 0.717) is 6.42 Å². The molecule has 0 aromatic carbocycles. The number of nitrogens with one attached hydrogen (secondary N) is 2. The maximum absolute atomic E-state index is 11.8. The van der Waals surface area contributed by atoms with Gasteiger partial charge >= 0.3 is 0 Å². The largest absolute Gasteiger partial charge is 0.351 e. The first-order chi connectivity index (χ1) is 8.25. The molecule has 0 aliphatic carbocycles. The van der Waals surface area contributed by atoms with Crippen LogP contribution in [-0.4, -0.2) is 48.9 Å². The molecule has 2 N–H and O–H groups in total. The summed E-state index contributed by atoms with van der Waals surface area (Å²) in [4.78, 5) is 25.0. The number of carbonyl (C=O) groups excluding carboxylic acids is 2. The van der Waals surface area contributed by atoms with Gasteiger partial charge in [0.15, 0.2) is 0 Å². The Morgan fingerprint density at radius 2 is 2.22 bits per heavy atom. The van der Waals surface area contributed by atoms with Crippen molar-refractivity contribution in [1.82, 2.24) is 15.5 Å². The van der Waals surface area contributed by atoms with E-state index in [1.54, 1.807) is 4.90 Å². The van der Waals surface area contributed by atoms with Gasteiger partial charge in [-0.3, -0.25) is 9.59 Å². The van der Waals surface area contributed by atoms with E-state index in [1.165, 1.54) is 0 Å². The van der Waals surface area contributed by atoms with Crippen molar-refractivity contribution in [1.29, 1.82) is 0 Å². The van der Waals surface area contributed by atoms with Gasteiger partial charge in [-0.25, -0.2) is 0 Å². The Morgan fingerprint density at radius 3 is 2.89 bits per heavy atom. The molecular weight excluding hydrogens is 254 g/mol. The third kappa shape index (κ3) is 4.46. The standard InChI is InChI=1S/C12H21N3O2.ClH/c16-11(14-10-4-3-6-13-8-10)9-15-7-2-1-5-12(15)17;/h10,13H,1-9H2,(H,14,16);1H. The topological polar surface area (TPSA) is 61.4 Å². The van der Waals surface area contributed by atoms with Gasteiger partial charge in [-0.05, 0) is 32.2 Å². The summed E-state index contributed by atoms with van der Waals surface area (Å²) >= 11 is 0. The highest BCUT2D eigenvalue weighted by molar-refractivity contribution is 5.85. The third-order valence-corrected chi connectivity index (χ3v) is 3.42. The fraction of sp³-hybridized carbons (Fsp3) is 0.833. The molecule has 2 saturated heterocycles. The van der Waals surface area contributed by atoms with Gasteiger partial charge in [0.1, 0.15) is 0 Å².